The minimum absolute atomic E-state index is 0.103. The van der Waals surface area contributed by atoms with Crippen LogP contribution in [0.5, 0.6) is 0 Å². The maximum absolute atomic E-state index is 12.3. The summed E-state index contributed by atoms with van der Waals surface area (Å²) in [5, 5.41) is 6.64. The number of anilines is 4. The molecule has 3 aromatic carbocycles. The number of carbonyl (C=O) groups excluding carboxylic acids is 1. The molecule has 3 saturated heterocycles. The van der Waals surface area contributed by atoms with E-state index >= 15 is 0 Å². The van der Waals surface area contributed by atoms with Gasteiger partial charge >= 0.3 is 12.1 Å². The van der Waals surface area contributed by atoms with Crippen molar-refractivity contribution in [3.8, 4) is 0 Å². The van der Waals surface area contributed by atoms with E-state index in [1.807, 2.05) is 19.2 Å². The summed E-state index contributed by atoms with van der Waals surface area (Å²) in [5.74, 6) is -1.19. The molecule has 10 heteroatoms. The van der Waals surface area contributed by atoms with Gasteiger partial charge in [-0.05, 0) is 150 Å². The van der Waals surface area contributed by atoms with Crippen LogP contribution in [0.2, 0.25) is 0 Å². The van der Waals surface area contributed by atoms with Crippen LogP contribution in [0, 0.1) is 0 Å². The van der Waals surface area contributed by atoms with E-state index in [0.29, 0.717) is 18.8 Å². The number of benzene rings is 3. The van der Waals surface area contributed by atoms with Crippen LogP contribution in [0.1, 0.15) is 102 Å². The Balaban J connectivity index is 0.000000190. The lowest BCUT2D eigenvalue weighted by atomic mass is 10.0. The predicted octanol–water partition coefficient (Wildman–Crippen LogP) is 10.1. The van der Waals surface area contributed by atoms with Gasteiger partial charge in [0.05, 0.1) is 0 Å². The van der Waals surface area contributed by atoms with E-state index in [-0.39, 0.29) is 6.54 Å². The van der Waals surface area contributed by atoms with Gasteiger partial charge in [-0.15, -0.1) is 0 Å². The molecule has 0 spiro atoms. The molecule has 2 N–H and O–H groups in total. The molecule has 3 aromatic rings. The SMILES string of the molecule is CCCNc1ccc(N2CCCCC2)cc1.CN(CCCc1ccc(N2CCCCC2)cc1)C(=O)C(F)(F)F.CNCC(C)c1ccc(N2CCCCC2)cc1. The van der Waals surface area contributed by atoms with E-state index in [9.17, 15) is 18.0 Å². The van der Waals surface area contributed by atoms with Crippen molar-refractivity contribution in [2.75, 3.05) is 93.0 Å². The first-order valence-corrected chi connectivity index (χ1v) is 21.3. The van der Waals surface area contributed by atoms with Crippen molar-refractivity contribution in [2.45, 2.75) is 103 Å². The number of likely N-dealkylation sites (N-methyl/N-ethyl adjacent to an activating group) is 1. The summed E-state index contributed by atoms with van der Waals surface area (Å²) in [5.41, 5.74) is 7.73. The van der Waals surface area contributed by atoms with Gasteiger partial charge < -0.3 is 30.2 Å². The number of amides is 1. The van der Waals surface area contributed by atoms with Gasteiger partial charge in [0.2, 0.25) is 0 Å². The topological polar surface area (TPSA) is 54.1 Å². The first kappa shape index (κ1) is 44.8. The van der Waals surface area contributed by atoms with Crippen molar-refractivity contribution < 1.29 is 18.0 Å². The first-order chi connectivity index (χ1) is 27.1. The van der Waals surface area contributed by atoms with Gasteiger partial charge in [0.1, 0.15) is 0 Å². The van der Waals surface area contributed by atoms with E-state index in [1.54, 1.807) is 0 Å². The molecule has 0 aromatic heterocycles. The highest BCUT2D eigenvalue weighted by atomic mass is 19.4. The van der Waals surface area contributed by atoms with Gasteiger partial charge in [-0.1, -0.05) is 38.1 Å². The molecule has 3 heterocycles. The summed E-state index contributed by atoms with van der Waals surface area (Å²) in [6, 6.07) is 26.2. The number of hydrogen-bond acceptors (Lipinski definition) is 6. The highest BCUT2D eigenvalue weighted by Gasteiger charge is 2.40. The lowest BCUT2D eigenvalue weighted by Gasteiger charge is -2.29. The Labute approximate surface area is 336 Å². The van der Waals surface area contributed by atoms with Crippen LogP contribution < -0.4 is 25.3 Å². The average molecular weight is 779 g/mol. The second-order valence-electron chi connectivity index (χ2n) is 15.7. The number of carbonyl (C=O) groups is 1. The minimum atomic E-state index is -4.79. The highest BCUT2D eigenvalue weighted by Crippen LogP contribution is 2.25. The van der Waals surface area contributed by atoms with E-state index in [2.05, 4.69) is 99.8 Å². The maximum Gasteiger partial charge on any atom is 0.471 e. The fourth-order valence-corrected chi connectivity index (χ4v) is 7.67. The van der Waals surface area contributed by atoms with Crippen LogP contribution in [0.25, 0.3) is 0 Å². The maximum atomic E-state index is 12.3. The fourth-order valence-electron chi connectivity index (χ4n) is 7.67. The second-order valence-corrected chi connectivity index (χ2v) is 15.7. The number of nitrogens with one attached hydrogen (secondary N) is 2. The number of aryl methyl sites for hydroxylation is 1. The molecular weight excluding hydrogens is 710 g/mol. The van der Waals surface area contributed by atoms with Gasteiger partial charge in [0.25, 0.3) is 0 Å². The van der Waals surface area contributed by atoms with Crippen LogP contribution >= 0.6 is 0 Å². The van der Waals surface area contributed by atoms with Crippen LogP contribution in [0.3, 0.4) is 0 Å². The monoisotopic (exact) mass is 779 g/mol. The molecule has 0 saturated carbocycles. The number of hydrogen-bond donors (Lipinski definition) is 2. The van der Waals surface area contributed by atoms with Crippen molar-refractivity contribution in [3.05, 3.63) is 83.9 Å². The van der Waals surface area contributed by atoms with Gasteiger partial charge in [-0.2, -0.15) is 13.2 Å². The molecule has 3 fully saturated rings. The summed E-state index contributed by atoms with van der Waals surface area (Å²) in [7, 11) is 3.20. The van der Waals surface area contributed by atoms with E-state index in [4.69, 9.17) is 0 Å². The highest BCUT2D eigenvalue weighted by molar-refractivity contribution is 5.81. The largest absolute Gasteiger partial charge is 0.471 e. The Morgan fingerprint density at radius 3 is 1.54 bits per heavy atom. The smallest absolute Gasteiger partial charge is 0.385 e. The zero-order chi connectivity index (χ0) is 40.2. The van der Waals surface area contributed by atoms with Crippen molar-refractivity contribution >= 4 is 28.7 Å². The standard InChI is InChI=1S/C17H23F3N2O.C15H24N2.C14H22N2/c1-21(16(23)17(18,19)20)11-5-6-14-7-9-15(10-8-14)22-12-3-2-4-13-22;1-13(12-16-2)14-6-8-15(9-7-14)17-10-4-3-5-11-17;1-2-10-15-13-6-8-14(9-7-13)16-11-4-3-5-12-16/h7-10H,2-6,11-13H2,1H3;6-9,13,16H,3-5,10-12H2,1-2H3;6-9,15H,2-5,10-12H2,1H3. The van der Waals surface area contributed by atoms with Gasteiger partial charge in [-0.25, -0.2) is 0 Å². The van der Waals surface area contributed by atoms with E-state index < -0.39 is 12.1 Å². The van der Waals surface area contributed by atoms with Crippen LogP contribution in [-0.4, -0.2) is 90.0 Å². The lowest BCUT2D eigenvalue weighted by molar-refractivity contribution is -0.184. The second kappa shape index (κ2) is 24.0. The Morgan fingerprint density at radius 1 is 0.696 bits per heavy atom. The molecule has 56 heavy (non-hydrogen) atoms. The fraction of sp³-hybridized carbons (Fsp3) is 0.587. The van der Waals surface area contributed by atoms with E-state index in [1.165, 1.54) is 126 Å². The van der Waals surface area contributed by atoms with Gasteiger partial charge in [0.15, 0.2) is 0 Å². The van der Waals surface area contributed by atoms with Crippen LogP contribution in [-0.2, 0) is 11.2 Å². The summed E-state index contributed by atoms with van der Waals surface area (Å²) >= 11 is 0. The normalized spacial score (nSPS) is 16.5. The Hall–Kier alpha value is -3.92. The molecule has 1 atom stereocenters. The summed E-state index contributed by atoms with van der Waals surface area (Å²) in [4.78, 5) is 19.1. The predicted molar refractivity (Wildman–Crippen MR) is 231 cm³/mol. The van der Waals surface area contributed by atoms with Gasteiger partial charge in [-0.3, -0.25) is 4.79 Å². The number of halogens is 3. The Morgan fingerprint density at radius 2 is 1.12 bits per heavy atom. The number of alkyl halides is 3. The van der Waals surface area contributed by atoms with E-state index in [0.717, 1.165) is 36.6 Å². The van der Waals surface area contributed by atoms with Gasteiger partial charge in [0, 0.05) is 88.7 Å². The van der Waals surface area contributed by atoms with Crippen molar-refractivity contribution in [1.29, 1.82) is 0 Å². The molecule has 0 radical (unpaired) electrons. The third-order valence-corrected chi connectivity index (χ3v) is 11.1. The third kappa shape index (κ3) is 15.2. The van der Waals surface area contributed by atoms with Crippen molar-refractivity contribution in [2.24, 2.45) is 0 Å². The third-order valence-electron chi connectivity index (χ3n) is 11.1. The van der Waals surface area contributed by atoms with Crippen LogP contribution in [0.15, 0.2) is 72.8 Å². The quantitative estimate of drug-likeness (QED) is 0.180. The molecule has 3 aliphatic rings. The van der Waals surface area contributed by atoms with Crippen molar-refractivity contribution in [1.82, 2.24) is 10.2 Å². The minimum Gasteiger partial charge on any atom is -0.385 e. The zero-order valence-electron chi connectivity index (χ0n) is 34.7. The molecule has 310 valence electrons. The lowest BCUT2D eigenvalue weighted by Crippen LogP contribution is -2.39. The van der Waals surface area contributed by atoms with Crippen LogP contribution in [0.4, 0.5) is 35.9 Å². The van der Waals surface area contributed by atoms with Crippen molar-refractivity contribution in [3.63, 3.8) is 0 Å². The number of nitrogens with zero attached hydrogens (tertiary/aromatic N) is 4. The molecule has 3 aliphatic heterocycles. The Kier molecular flexibility index (Phi) is 19.2. The molecule has 7 nitrogen and oxygen atoms in total. The molecule has 0 aliphatic carbocycles. The summed E-state index contributed by atoms with van der Waals surface area (Å²) in [6.07, 6.45) is 9.47. The number of rotatable bonds is 13. The first-order valence-electron chi connectivity index (χ1n) is 21.3. The Bertz CT molecular complexity index is 1500. The summed E-state index contributed by atoms with van der Waals surface area (Å²) < 4.78 is 36.8. The molecule has 0 bridgehead atoms. The summed E-state index contributed by atoms with van der Waals surface area (Å²) in [6.45, 7) is 13.7. The number of piperidine rings is 3. The molecular formula is C46H69F3N6O. The molecule has 6 rings (SSSR count). The average Bonchev–Trinajstić information content (AvgIpc) is 3.24. The molecule has 1 unspecified atom stereocenters. The molecule has 1 amide bonds. The zero-order valence-corrected chi connectivity index (χ0v) is 34.7.